The van der Waals surface area contributed by atoms with Gasteiger partial charge in [-0.2, -0.15) is 0 Å². The number of aromatic nitrogens is 1. The van der Waals surface area contributed by atoms with Crippen LogP contribution in [0.4, 0.5) is 8.78 Å². The molecule has 1 aromatic heterocycles. The van der Waals surface area contributed by atoms with E-state index in [4.69, 9.17) is 10.5 Å². The Morgan fingerprint density at radius 3 is 2.80 bits per heavy atom. The topological polar surface area (TPSA) is 72.5 Å². The molecule has 0 saturated carbocycles. The molecule has 0 bridgehead atoms. The van der Waals surface area contributed by atoms with Crippen LogP contribution in [-0.4, -0.2) is 30.0 Å². The SMILES string of the molecule is CC(C)NC(N)=NCc1cccnc1OCC(F)F.I. The molecule has 0 spiro atoms. The normalized spacial score (nSPS) is 11.4. The van der Waals surface area contributed by atoms with E-state index in [2.05, 4.69) is 15.3 Å². The van der Waals surface area contributed by atoms with Gasteiger partial charge < -0.3 is 15.8 Å². The van der Waals surface area contributed by atoms with Gasteiger partial charge in [-0.05, 0) is 19.9 Å². The van der Waals surface area contributed by atoms with Crippen molar-refractivity contribution in [2.45, 2.75) is 32.9 Å². The molecule has 0 fully saturated rings. The zero-order chi connectivity index (χ0) is 14.3. The summed E-state index contributed by atoms with van der Waals surface area (Å²) in [6.07, 6.45) is -1.06. The van der Waals surface area contributed by atoms with Crippen LogP contribution >= 0.6 is 24.0 Å². The maximum absolute atomic E-state index is 12.1. The molecule has 1 heterocycles. The van der Waals surface area contributed by atoms with Crippen LogP contribution in [0.3, 0.4) is 0 Å². The van der Waals surface area contributed by atoms with Crippen LogP contribution in [0.25, 0.3) is 0 Å². The summed E-state index contributed by atoms with van der Waals surface area (Å²) in [6.45, 7) is 3.40. The molecule has 20 heavy (non-hydrogen) atoms. The molecule has 0 aliphatic carbocycles. The molecule has 1 aromatic rings. The first-order valence-corrected chi connectivity index (χ1v) is 5.90. The third-order valence-electron chi connectivity index (χ3n) is 2.05. The van der Waals surface area contributed by atoms with Gasteiger partial charge in [-0.25, -0.2) is 18.8 Å². The Labute approximate surface area is 134 Å². The first kappa shape index (κ1) is 18.8. The summed E-state index contributed by atoms with van der Waals surface area (Å²) in [4.78, 5) is 8.00. The van der Waals surface area contributed by atoms with Crippen LogP contribution in [0.15, 0.2) is 23.3 Å². The van der Waals surface area contributed by atoms with Gasteiger partial charge in [0, 0.05) is 17.8 Å². The highest BCUT2D eigenvalue weighted by atomic mass is 127. The van der Waals surface area contributed by atoms with Gasteiger partial charge in [0.15, 0.2) is 12.6 Å². The average molecular weight is 400 g/mol. The second-order valence-electron chi connectivity index (χ2n) is 4.17. The smallest absolute Gasteiger partial charge is 0.272 e. The van der Waals surface area contributed by atoms with Crippen molar-refractivity contribution < 1.29 is 13.5 Å². The number of guanidine groups is 1. The van der Waals surface area contributed by atoms with E-state index in [9.17, 15) is 8.78 Å². The summed E-state index contributed by atoms with van der Waals surface area (Å²) in [5.41, 5.74) is 6.26. The maximum atomic E-state index is 12.1. The predicted molar refractivity (Wildman–Crippen MR) is 84.7 cm³/mol. The number of rotatable bonds is 6. The van der Waals surface area contributed by atoms with Crippen molar-refractivity contribution in [3.05, 3.63) is 23.9 Å². The van der Waals surface area contributed by atoms with Crippen molar-refractivity contribution in [3.63, 3.8) is 0 Å². The van der Waals surface area contributed by atoms with Gasteiger partial charge in [0.05, 0.1) is 6.54 Å². The fourth-order valence-electron chi connectivity index (χ4n) is 1.33. The van der Waals surface area contributed by atoms with E-state index in [1.54, 1.807) is 12.1 Å². The molecule has 8 heteroatoms. The molecule has 0 amide bonds. The molecule has 3 N–H and O–H groups in total. The third-order valence-corrected chi connectivity index (χ3v) is 2.05. The molecule has 0 aromatic carbocycles. The summed E-state index contributed by atoms with van der Waals surface area (Å²) in [6, 6.07) is 3.57. The largest absolute Gasteiger partial charge is 0.471 e. The Morgan fingerprint density at radius 1 is 1.50 bits per heavy atom. The summed E-state index contributed by atoms with van der Waals surface area (Å²) < 4.78 is 29.1. The Morgan fingerprint density at radius 2 is 2.20 bits per heavy atom. The van der Waals surface area contributed by atoms with Gasteiger partial charge in [0.2, 0.25) is 5.88 Å². The minimum absolute atomic E-state index is 0. The zero-order valence-corrected chi connectivity index (χ0v) is 13.7. The van der Waals surface area contributed by atoms with Crippen LogP contribution in [0, 0.1) is 0 Å². The lowest BCUT2D eigenvalue weighted by Gasteiger charge is -2.10. The van der Waals surface area contributed by atoms with Gasteiger partial charge in [0.1, 0.15) is 0 Å². The van der Waals surface area contributed by atoms with Crippen molar-refractivity contribution in [2.24, 2.45) is 10.7 Å². The fraction of sp³-hybridized carbons (Fsp3) is 0.500. The summed E-state index contributed by atoms with van der Waals surface area (Å²) in [5, 5.41) is 2.93. The minimum Gasteiger partial charge on any atom is -0.471 e. The van der Waals surface area contributed by atoms with Crippen molar-refractivity contribution in [1.29, 1.82) is 0 Å². The molecule has 0 unspecified atom stereocenters. The van der Waals surface area contributed by atoms with E-state index in [1.807, 2.05) is 13.8 Å². The molecule has 0 aliphatic rings. The quantitative estimate of drug-likeness (QED) is 0.436. The molecule has 1 rings (SSSR count). The number of pyridine rings is 1. The van der Waals surface area contributed by atoms with Gasteiger partial charge >= 0.3 is 0 Å². The van der Waals surface area contributed by atoms with Crippen molar-refractivity contribution in [3.8, 4) is 5.88 Å². The number of ether oxygens (including phenoxy) is 1. The number of hydrogen-bond donors (Lipinski definition) is 2. The van der Waals surface area contributed by atoms with Gasteiger partial charge in [-0.1, -0.05) is 6.07 Å². The van der Waals surface area contributed by atoms with Crippen LogP contribution < -0.4 is 15.8 Å². The Balaban J connectivity index is 0.00000361. The van der Waals surface area contributed by atoms with E-state index < -0.39 is 13.0 Å². The third kappa shape index (κ3) is 7.41. The summed E-state index contributed by atoms with van der Waals surface area (Å²) >= 11 is 0. The van der Waals surface area contributed by atoms with Gasteiger partial charge in [0.25, 0.3) is 6.43 Å². The van der Waals surface area contributed by atoms with E-state index in [1.165, 1.54) is 6.20 Å². The molecule has 0 atom stereocenters. The Hall–Kier alpha value is -1.19. The molecule has 5 nitrogen and oxygen atoms in total. The minimum atomic E-state index is -2.54. The lowest BCUT2D eigenvalue weighted by molar-refractivity contribution is 0.0791. The fourth-order valence-corrected chi connectivity index (χ4v) is 1.33. The average Bonchev–Trinajstić information content (AvgIpc) is 2.34. The number of nitrogens with two attached hydrogens (primary N) is 1. The van der Waals surface area contributed by atoms with Crippen LogP contribution in [0.2, 0.25) is 0 Å². The van der Waals surface area contributed by atoms with E-state index in [-0.39, 0.29) is 42.4 Å². The first-order chi connectivity index (χ1) is 8.99. The van der Waals surface area contributed by atoms with Crippen LogP contribution in [0.5, 0.6) is 5.88 Å². The Kier molecular flexibility index (Phi) is 9.10. The molecule has 0 aliphatic heterocycles. The highest BCUT2D eigenvalue weighted by molar-refractivity contribution is 14.0. The molecule has 0 radical (unpaired) electrons. The Bertz CT molecular complexity index is 430. The summed E-state index contributed by atoms with van der Waals surface area (Å²) in [5.74, 6) is 0.447. The number of aliphatic imine (C=N–C) groups is 1. The van der Waals surface area contributed by atoms with Gasteiger partial charge in [-0.15, -0.1) is 24.0 Å². The van der Waals surface area contributed by atoms with Crippen LogP contribution in [-0.2, 0) is 6.54 Å². The van der Waals surface area contributed by atoms with Gasteiger partial charge in [-0.3, -0.25) is 0 Å². The number of hydrogen-bond acceptors (Lipinski definition) is 3. The van der Waals surface area contributed by atoms with E-state index >= 15 is 0 Å². The molecular weight excluding hydrogens is 381 g/mol. The number of nitrogens with one attached hydrogen (secondary N) is 1. The zero-order valence-electron chi connectivity index (χ0n) is 11.3. The summed E-state index contributed by atoms with van der Waals surface area (Å²) in [7, 11) is 0. The monoisotopic (exact) mass is 400 g/mol. The van der Waals surface area contributed by atoms with Crippen molar-refractivity contribution in [2.75, 3.05) is 6.61 Å². The lowest BCUT2D eigenvalue weighted by atomic mass is 10.3. The standard InChI is InChI=1S/C12H18F2N4O.HI/c1-8(2)18-12(15)17-6-9-4-3-5-16-11(9)19-7-10(13)14;/h3-5,8,10H,6-7H2,1-2H3,(H3,15,17,18);1H. The van der Waals surface area contributed by atoms with Crippen molar-refractivity contribution >= 4 is 29.9 Å². The second kappa shape index (κ2) is 9.67. The molecular formula is C12H19F2IN4O. The second-order valence-corrected chi connectivity index (χ2v) is 4.17. The maximum Gasteiger partial charge on any atom is 0.272 e. The molecule has 0 saturated heterocycles. The van der Waals surface area contributed by atoms with Crippen molar-refractivity contribution in [1.82, 2.24) is 10.3 Å². The van der Waals surface area contributed by atoms with E-state index in [0.29, 0.717) is 11.5 Å². The predicted octanol–water partition coefficient (Wildman–Crippen LogP) is 2.16. The number of halogens is 3. The number of alkyl halides is 2. The number of nitrogens with zero attached hydrogens (tertiary/aromatic N) is 2. The first-order valence-electron chi connectivity index (χ1n) is 5.90. The van der Waals surface area contributed by atoms with Crippen LogP contribution in [0.1, 0.15) is 19.4 Å². The highest BCUT2D eigenvalue weighted by Crippen LogP contribution is 2.16. The lowest BCUT2D eigenvalue weighted by Crippen LogP contribution is -2.36. The molecule has 114 valence electrons. The highest BCUT2D eigenvalue weighted by Gasteiger charge is 2.08. The van der Waals surface area contributed by atoms with E-state index in [0.717, 1.165) is 0 Å².